The van der Waals surface area contributed by atoms with E-state index in [9.17, 15) is 9.18 Å². The minimum atomic E-state index is -0.280. The molecule has 2 aromatic rings. The molecule has 1 fully saturated rings. The Hall–Kier alpha value is -2.50. The Morgan fingerprint density at radius 3 is 2.45 bits per heavy atom. The Bertz CT molecular complexity index is 815. The summed E-state index contributed by atoms with van der Waals surface area (Å²) < 4.78 is 18.6. The van der Waals surface area contributed by atoms with Gasteiger partial charge in [0.05, 0.1) is 13.2 Å². The average molecular weight is 397 g/mol. The van der Waals surface area contributed by atoms with Crippen molar-refractivity contribution in [3.63, 3.8) is 0 Å². The van der Waals surface area contributed by atoms with Crippen LogP contribution in [0.3, 0.4) is 0 Å². The lowest BCUT2D eigenvalue weighted by atomic mass is 10.1. The molecular formula is C24H29FN2O2. The maximum atomic E-state index is 13.2. The van der Waals surface area contributed by atoms with Gasteiger partial charge in [0, 0.05) is 38.3 Å². The molecule has 1 heterocycles. The van der Waals surface area contributed by atoms with Gasteiger partial charge in [0.1, 0.15) is 5.82 Å². The summed E-state index contributed by atoms with van der Waals surface area (Å²) in [4.78, 5) is 17.5. The number of amides is 1. The first kappa shape index (κ1) is 21.2. The number of rotatable bonds is 7. The van der Waals surface area contributed by atoms with Crippen molar-refractivity contribution in [2.24, 2.45) is 0 Å². The van der Waals surface area contributed by atoms with Crippen LogP contribution >= 0.6 is 0 Å². The molecule has 0 N–H and O–H groups in total. The smallest absolute Gasteiger partial charge is 0.247 e. The number of hydrogen-bond donors (Lipinski definition) is 0. The van der Waals surface area contributed by atoms with Crippen LogP contribution in [0.4, 0.5) is 4.39 Å². The minimum Gasteiger partial charge on any atom is -0.379 e. The van der Waals surface area contributed by atoms with Crippen LogP contribution in [0.5, 0.6) is 0 Å². The van der Waals surface area contributed by atoms with E-state index >= 15 is 0 Å². The van der Waals surface area contributed by atoms with Crippen molar-refractivity contribution >= 4 is 11.5 Å². The summed E-state index contributed by atoms with van der Waals surface area (Å²) in [5.74, 6) is -0.311. The molecule has 29 heavy (non-hydrogen) atoms. The molecule has 5 heteroatoms. The van der Waals surface area contributed by atoms with Crippen LogP contribution in [0.15, 0.2) is 60.7 Å². The first-order chi connectivity index (χ1) is 14.0. The third-order valence-corrected chi connectivity index (χ3v) is 5.28. The number of halogens is 1. The van der Waals surface area contributed by atoms with E-state index in [1.165, 1.54) is 12.1 Å². The monoisotopic (exact) mass is 396 g/mol. The van der Waals surface area contributed by atoms with Crippen LogP contribution in [-0.2, 0) is 16.1 Å². The average Bonchev–Trinajstić information content (AvgIpc) is 2.73. The van der Waals surface area contributed by atoms with Gasteiger partial charge in [-0.2, -0.15) is 0 Å². The second kappa shape index (κ2) is 10.3. The topological polar surface area (TPSA) is 32.8 Å². The highest BCUT2D eigenvalue weighted by molar-refractivity contribution is 5.95. The lowest BCUT2D eigenvalue weighted by Crippen LogP contribution is -2.47. The van der Waals surface area contributed by atoms with Crippen LogP contribution < -0.4 is 0 Å². The molecule has 0 aromatic heterocycles. The molecule has 1 saturated heterocycles. The van der Waals surface area contributed by atoms with Crippen LogP contribution in [-0.4, -0.2) is 54.6 Å². The standard InChI is InChI=1S/C24H29FN2O2/c1-19(22-8-10-23(25)11-9-22)16-24(28)27(18-21-6-4-3-5-7-21)20(2)17-26-12-14-29-15-13-26/h3-11,16,20H,12-15,17-18H2,1-2H3/b19-16+. The Labute approximate surface area is 172 Å². The number of morpholine rings is 1. The fourth-order valence-electron chi connectivity index (χ4n) is 3.55. The normalized spacial score (nSPS) is 16.4. The van der Waals surface area contributed by atoms with E-state index in [-0.39, 0.29) is 17.8 Å². The fourth-order valence-corrected chi connectivity index (χ4v) is 3.55. The summed E-state index contributed by atoms with van der Waals surface area (Å²) in [7, 11) is 0. The third-order valence-electron chi connectivity index (χ3n) is 5.28. The first-order valence-corrected chi connectivity index (χ1v) is 10.1. The van der Waals surface area contributed by atoms with Crippen molar-refractivity contribution in [3.05, 3.63) is 77.6 Å². The number of carbonyl (C=O) groups excluding carboxylic acids is 1. The van der Waals surface area contributed by atoms with E-state index in [1.807, 2.05) is 42.2 Å². The number of nitrogens with zero attached hydrogens (tertiary/aromatic N) is 2. The van der Waals surface area contributed by atoms with Gasteiger partial charge in [0.25, 0.3) is 0 Å². The first-order valence-electron chi connectivity index (χ1n) is 10.1. The van der Waals surface area contributed by atoms with Crippen molar-refractivity contribution in [1.29, 1.82) is 0 Å². The van der Waals surface area contributed by atoms with E-state index in [2.05, 4.69) is 11.8 Å². The Kier molecular flexibility index (Phi) is 7.55. The lowest BCUT2D eigenvalue weighted by Gasteiger charge is -2.35. The zero-order valence-electron chi connectivity index (χ0n) is 17.2. The second-order valence-corrected chi connectivity index (χ2v) is 7.55. The van der Waals surface area contributed by atoms with E-state index in [0.29, 0.717) is 6.54 Å². The molecule has 1 aliphatic rings. The number of hydrogen-bond acceptors (Lipinski definition) is 3. The Morgan fingerprint density at radius 1 is 1.14 bits per heavy atom. The highest BCUT2D eigenvalue weighted by Gasteiger charge is 2.22. The van der Waals surface area contributed by atoms with E-state index in [4.69, 9.17) is 4.74 Å². The van der Waals surface area contributed by atoms with E-state index < -0.39 is 0 Å². The highest BCUT2D eigenvalue weighted by atomic mass is 19.1. The molecule has 0 radical (unpaired) electrons. The van der Waals surface area contributed by atoms with Crippen molar-refractivity contribution in [1.82, 2.24) is 9.80 Å². The predicted octanol–water partition coefficient (Wildman–Crippen LogP) is 3.98. The van der Waals surface area contributed by atoms with Crippen LogP contribution in [0.1, 0.15) is 25.0 Å². The summed E-state index contributed by atoms with van der Waals surface area (Å²) in [6, 6.07) is 16.3. The molecule has 1 atom stereocenters. The number of ether oxygens (including phenoxy) is 1. The minimum absolute atomic E-state index is 0.0311. The summed E-state index contributed by atoms with van der Waals surface area (Å²) >= 11 is 0. The maximum absolute atomic E-state index is 13.2. The van der Waals surface area contributed by atoms with Gasteiger partial charge in [-0.1, -0.05) is 42.5 Å². The summed E-state index contributed by atoms with van der Waals surface area (Å²) in [5, 5.41) is 0. The molecule has 4 nitrogen and oxygen atoms in total. The maximum Gasteiger partial charge on any atom is 0.247 e. The van der Waals surface area contributed by atoms with Gasteiger partial charge >= 0.3 is 0 Å². The molecule has 0 bridgehead atoms. The largest absolute Gasteiger partial charge is 0.379 e. The summed E-state index contributed by atoms with van der Waals surface area (Å²) in [5.41, 5.74) is 2.77. The van der Waals surface area contributed by atoms with Crippen molar-refractivity contribution in [3.8, 4) is 0 Å². The van der Waals surface area contributed by atoms with Gasteiger partial charge in [0.15, 0.2) is 0 Å². The summed E-state index contributed by atoms with van der Waals surface area (Å²) in [6.45, 7) is 8.61. The molecule has 1 aliphatic heterocycles. The SMILES string of the molecule is C/C(=C\C(=O)N(Cc1ccccc1)C(C)CN1CCOCC1)c1ccc(F)cc1. The van der Waals surface area contributed by atoms with Gasteiger partial charge in [-0.05, 0) is 42.7 Å². The van der Waals surface area contributed by atoms with Gasteiger partial charge < -0.3 is 9.64 Å². The van der Waals surface area contributed by atoms with E-state index in [1.54, 1.807) is 18.2 Å². The quantitative estimate of drug-likeness (QED) is 0.664. The van der Waals surface area contributed by atoms with Crippen LogP contribution in [0.2, 0.25) is 0 Å². The van der Waals surface area contributed by atoms with Gasteiger partial charge in [-0.25, -0.2) is 4.39 Å². The molecule has 0 spiro atoms. The zero-order valence-corrected chi connectivity index (χ0v) is 17.2. The van der Waals surface area contributed by atoms with Crippen molar-refractivity contribution < 1.29 is 13.9 Å². The zero-order chi connectivity index (χ0) is 20.6. The van der Waals surface area contributed by atoms with Gasteiger partial charge in [-0.15, -0.1) is 0 Å². The second-order valence-electron chi connectivity index (χ2n) is 7.55. The molecular weight excluding hydrogens is 367 g/mol. The third kappa shape index (κ3) is 6.24. The molecule has 0 saturated carbocycles. The predicted molar refractivity (Wildman–Crippen MR) is 114 cm³/mol. The van der Waals surface area contributed by atoms with Crippen molar-refractivity contribution in [2.75, 3.05) is 32.8 Å². The lowest BCUT2D eigenvalue weighted by molar-refractivity contribution is -0.129. The summed E-state index contributed by atoms with van der Waals surface area (Å²) in [6.07, 6.45) is 1.66. The van der Waals surface area contributed by atoms with Crippen molar-refractivity contribution in [2.45, 2.75) is 26.4 Å². The van der Waals surface area contributed by atoms with Crippen LogP contribution in [0, 0.1) is 5.82 Å². The van der Waals surface area contributed by atoms with E-state index in [0.717, 1.165) is 49.5 Å². The molecule has 3 rings (SSSR count). The molecule has 0 aliphatic carbocycles. The molecule has 154 valence electrons. The molecule has 1 amide bonds. The Balaban J connectivity index is 1.77. The van der Waals surface area contributed by atoms with Gasteiger partial charge in [-0.3, -0.25) is 9.69 Å². The molecule has 1 unspecified atom stereocenters. The van der Waals surface area contributed by atoms with Crippen LogP contribution in [0.25, 0.3) is 5.57 Å². The number of benzene rings is 2. The van der Waals surface area contributed by atoms with Gasteiger partial charge in [0.2, 0.25) is 5.91 Å². The highest BCUT2D eigenvalue weighted by Crippen LogP contribution is 2.17. The number of carbonyl (C=O) groups is 1. The molecule has 2 aromatic carbocycles. The fraction of sp³-hybridized carbons (Fsp3) is 0.375. The Morgan fingerprint density at radius 2 is 1.79 bits per heavy atom. The number of allylic oxidation sites excluding steroid dienone is 1.